The first kappa shape index (κ1) is 13.7. The molecule has 0 radical (unpaired) electrons. The van der Waals surface area contributed by atoms with Gasteiger partial charge >= 0.3 is 6.09 Å². The van der Waals surface area contributed by atoms with Gasteiger partial charge in [0.2, 0.25) is 0 Å². The van der Waals surface area contributed by atoms with Crippen LogP contribution in [0.2, 0.25) is 0 Å². The SMILES string of the molecule is CC1(C)COC(=O)N[C@@H]1c1ccc2cc[nH]c2c1.Cl. The molecule has 1 fully saturated rings. The maximum atomic E-state index is 11.4. The summed E-state index contributed by atoms with van der Waals surface area (Å²) in [5, 5.41) is 4.08. The van der Waals surface area contributed by atoms with E-state index in [0.29, 0.717) is 6.61 Å². The number of aromatic amines is 1. The molecule has 102 valence electrons. The van der Waals surface area contributed by atoms with Crippen LogP contribution in [0.4, 0.5) is 4.79 Å². The lowest BCUT2D eigenvalue weighted by atomic mass is 9.80. The van der Waals surface area contributed by atoms with Crippen molar-refractivity contribution >= 4 is 29.4 Å². The van der Waals surface area contributed by atoms with Gasteiger partial charge in [0.1, 0.15) is 6.61 Å². The monoisotopic (exact) mass is 280 g/mol. The van der Waals surface area contributed by atoms with E-state index in [0.717, 1.165) is 11.1 Å². The molecule has 1 saturated heterocycles. The second kappa shape index (κ2) is 4.78. The number of hydrogen-bond donors (Lipinski definition) is 2. The van der Waals surface area contributed by atoms with Crippen LogP contribution in [-0.4, -0.2) is 17.7 Å². The van der Waals surface area contributed by atoms with Crippen molar-refractivity contribution in [1.82, 2.24) is 10.3 Å². The molecule has 0 aliphatic carbocycles. The number of alkyl carbamates (subject to hydrolysis) is 1. The number of H-pyrrole nitrogens is 1. The molecule has 2 aromatic rings. The summed E-state index contributed by atoms with van der Waals surface area (Å²) in [4.78, 5) is 14.6. The van der Waals surface area contributed by atoms with Gasteiger partial charge in [0.25, 0.3) is 0 Å². The van der Waals surface area contributed by atoms with E-state index in [4.69, 9.17) is 4.74 Å². The van der Waals surface area contributed by atoms with E-state index in [1.165, 1.54) is 5.39 Å². The molecule has 0 saturated carbocycles. The zero-order valence-electron chi connectivity index (χ0n) is 10.9. The van der Waals surface area contributed by atoms with Crippen LogP contribution in [0, 0.1) is 5.41 Å². The average Bonchev–Trinajstić information content (AvgIpc) is 2.79. The lowest BCUT2D eigenvalue weighted by molar-refractivity contribution is 0.0388. The molecule has 0 bridgehead atoms. The molecule has 1 aliphatic heterocycles. The minimum atomic E-state index is -0.342. The summed E-state index contributed by atoms with van der Waals surface area (Å²) >= 11 is 0. The average molecular weight is 281 g/mol. The fourth-order valence-electron chi connectivity index (χ4n) is 2.47. The number of fused-ring (bicyclic) bond motifs is 1. The zero-order valence-corrected chi connectivity index (χ0v) is 11.7. The lowest BCUT2D eigenvalue weighted by Gasteiger charge is -2.38. The summed E-state index contributed by atoms with van der Waals surface area (Å²) in [6.07, 6.45) is 1.58. The highest BCUT2D eigenvalue weighted by Crippen LogP contribution is 2.37. The molecule has 4 nitrogen and oxygen atoms in total. The van der Waals surface area contributed by atoms with Crippen LogP contribution in [0.25, 0.3) is 10.9 Å². The van der Waals surface area contributed by atoms with Gasteiger partial charge in [-0.2, -0.15) is 0 Å². The van der Waals surface area contributed by atoms with Crippen molar-refractivity contribution in [3.05, 3.63) is 36.0 Å². The van der Waals surface area contributed by atoms with Gasteiger partial charge in [-0.25, -0.2) is 4.79 Å². The van der Waals surface area contributed by atoms with Gasteiger partial charge in [0, 0.05) is 17.1 Å². The molecule has 19 heavy (non-hydrogen) atoms. The number of aromatic nitrogens is 1. The number of ether oxygens (including phenoxy) is 1. The molecule has 1 aromatic carbocycles. The van der Waals surface area contributed by atoms with Crippen molar-refractivity contribution < 1.29 is 9.53 Å². The van der Waals surface area contributed by atoms with Crippen LogP contribution < -0.4 is 5.32 Å². The number of carbonyl (C=O) groups is 1. The molecule has 0 spiro atoms. The summed E-state index contributed by atoms with van der Waals surface area (Å²) in [7, 11) is 0. The minimum absolute atomic E-state index is 0. The van der Waals surface area contributed by atoms with E-state index < -0.39 is 0 Å². The van der Waals surface area contributed by atoms with Crippen molar-refractivity contribution in [2.45, 2.75) is 19.9 Å². The normalized spacial score (nSPS) is 21.4. The third-order valence-electron chi connectivity index (χ3n) is 3.53. The number of carbonyl (C=O) groups excluding carboxylic acids is 1. The third kappa shape index (κ3) is 2.40. The highest BCUT2D eigenvalue weighted by molar-refractivity contribution is 5.85. The predicted molar refractivity (Wildman–Crippen MR) is 76.6 cm³/mol. The molecule has 5 heteroatoms. The Morgan fingerprint density at radius 3 is 2.89 bits per heavy atom. The molecule has 1 aliphatic rings. The van der Waals surface area contributed by atoms with E-state index in [1.54, 1.807) is 0 Å². The van der Waals surface area contributed by atoms with Crippen molar-refractivity contribution in [1.29, 1.82) is 0 Å². The van der Waals surface area contributed by atoms with Crippen LogP contribution >= 0.6 is 12.4 Å². The molecule has 3 rings (SSSR count). The van der Waals surface area contributed by atoms with Crippen LogP contribution in [0.1, 0.15) is 25.5 Å². The molecule has 2 heterocycles. The van der Waals surface area contributed by atoms with Crippen LogP contribution in [0.3, 0.4) is 0 Å². The molecular weight excluding hydrogens is 264 g/mol. The second-order valence-corrected chi connectivity index (χ2v) is 5.47. The van der Waals surface area contributed by atoms with Crippen LogP contribution in [0.5, 0.6) is 0 Å². The van der Waals surface area contributed by atoms with E-state index in [9.17, 15) is 4.79 Å². The summed E-state index contributed by atoms with van der Waals surface area (Å²) in [6.45, 7) is 4.62. The van der Waals surface area contributed by atoms with Gasteiger partial charge in [0.15, 0.2) is 0 Å². The van der Waals surface area contributed by atoms with Crippen molar-refractivity contribution in [2.75, 3.05) is 6.61 Å². The van der Waals surface area contributed by atoms with Crippen LogP contribution in [0.15, 0.2) is 30.5 Å². The second-order valence-electron chi connectivity index (χ2n) is 5.47. The van der Waals surface area contributed by atoms with Gasteiger partial charge in [-0.15, -0.1) is 12.4 Å². The number of benzene rings is 1. The molecule has 1 aromatic heterocycles. The first-order valence-corrected chi connectivity index (χ1v) is 6.07. The van der Waals surface area contributed by atoms with Gasteiger partial charge < -0.3 is 15.0 Å². The Balaban J connectivity index is 0.00000133. The van der Waals surface area contributed by atoms with Gasteiger partial charge in [0.05, 0.1) is 6.04 Å². The number of amides is 1. The fourth-order valence-corrected chi connectivity index (χ4v) is 2.47. The van der Waals surface area contributed by atoms with Gasteiger partial charge in [-0.1, -0.05) is 26.0 Å². The van der Waals surface area contributed by atoms with Crippen molar-refractivity contribution in [2.24, 2.45) is 5.41 Å². The number of rotatable bonds is 1. The largest absolute Gasteiger partial charge is 0.449 e. The highest BCUT2D eigenvalue weighted by atomic mass is 35.5. The Morgan fingerprint density at radius 1 is 1.32 bits per heavy atom. The first-order valence-electron chi connectivity index (χ1n) is 6.07. The number of nitrogens with one attached hydrogen (secondary N) is 2. The minimum Gasteiger partial charge on any atom is -0.449 e. The quantitative estimate of drug-likeness (QED) is 0.841. The molecule has 1 atom stereocenters. The molecule has 0 unspecified atom stereocenters. The van der Waals surface area contributed by atoms with Crippen LogP contribution in [-0.2, 0) is 4.74 Å². The Kier molecular flexibility index (Phi) is 3.45. The fraction of sp³-hybridized carbons (Fsp3) is 0.357. The predicted octanol–water partition coefficient (Wildman–Crippen LogP) is 3.40. The van der Waals surface area contributed by atoms with E-state index in [1.807, 2.05) is 12.3 Å². The Bertz CT molecular complexity index is 606. The summed E-state index contributed by atoms with van der Waals surface area (Å²) < 4.78 is 5.06. The number of hydrogen-bond acceptors (Lipinski definition) is 2. The van der Waals surface area contributed by atoms with E-state index in [-0.39, 0.29) is 30.0 Å². The number of halogens is 1. The zero-order chi connectivity index (χ0) is 12.8. The summed E-state index contributed by atoms with van der Waals surface area (Å²) in [5.41, 5.74) is 2.07. The third-order valence-corrected chi connectivity index (χ3v) is 3.53. The summed E-state index contributed by atoms with van der Waals surface area (Å²) in [6, 6.07) is 8.24. The molecular formula is C14H17ClN2O2. The molecule has 1 amide bonds. The Morgan fingerprint density at radius 2 is 2.11 bits per heavy atom. The molecule has 2 N–H and O–H groups in total. The smallest absolute Gasteiger partial charge is 0.407 e. The topological polar surface area (TPSA) is 54.1 Å². The Hall–Kier alpha value is -1.68. The first-order chi connectivity index (χ1) is 8.56. The maximum absolute atomic E-state index is 11.4. The lowest BCUT2D eigenvalue weighted by Crippen LogP contribution is -2.46. The Labute approximate surface area is 117 Å². The van der Waals surface area contributed by atoms with Crippen molar-refractivity contribution in [3.63, 3.8) is 0 Å². The number of cyclic esters (lactones) is 1. The highest BCUT2D eigenvalue weighted by Gasteiger charge is 2.37. The van der Waals surface area contributed by atoms with E-state index >= 15 is 0 Å². The van der Waals surface area contributed by atoms with E-state index in [2.05, 4.69) is 42.3 Å². The maximum Gasteiger partial charge on any atom is 0.407 e. The summed E-state index contributed by atoms with van der Waals surface area (Å²) in [5.74, 6) is 0. The van der Waals surface area contributed by atoms with Gasteiger partial charge in [-0.05, 0) is 23.1 Å². The standard InChI is InChI=1S/C14H16N2O2.ClH/c1-14(2)8-18-13(17)16-12(14)10-4-3-9-5-6-15-11(9)7-10;/h3-7,12,15H,8H2,1-2H3,(H,16,17);1H/t12-;/m1./s1. The van der Waals surface area contributed by atoms with Crippen molar-refractivity contribution in [3.8, 4) is 0 Å². The van der Waals surface area contributed by atoms with Gasteiger partial charge in [-0.3, -0.25) is 0 Å².